The number of carboxylic acid groups (broad SMARTS) is 1. The molecule has 0 bridgehead atoms. The average molecular weight is 528 g/mol. The highest BCUT2D eigenvalue weighted by atomic mass is 35.5. The summed E-state index contributed by atoms with van der Waals surface area (Å²) in [5.41, 5.74) is 2.03. The van der Waals surface area contributed by atoms with Crippen LogP contribution in [-0.4, -0.2) is 51.2 Å². The van der Waals surface area contributed by atoms with Crippen molar-refractivity contribution in [2.24, 2.45) is 0 Å². The van der Waals surface area contributed by atoms with Gasteiger partial charge in [0, 0.05) is 47.4 Å². The zero-order valence-corrected chi connectivity index (χ0v) is 21.2. The highest BCUT2D eigenvalue weighted by molar-refractivity contribution is 7.98. The van der Waals surface area contributed by atoms with Crippen molar-refractivity contribution < 1.29 is 19.4 Å². The maximum atomic E-state index is 13.8. The normalized spacial score (nSPS) is 10.9. The molecule has 0 aliphatic rings. The van der Waals surface area contributed by atoms with E-state index in [1.807, 2.05) is 6.26 Å². The largest absolute Gasteiger partial charge is 0.497 e. The van der Waals surface area contributed by atoms with Crippen LogP contribution >= 0.6 is 23.4 Å². The molecule has 0 spiro atoms. The second-order valence-electron chi connectivity index (χ2n) is 7.56. The molecule has 1 amide bonds. The Hall–Kier alpha value is -3.83. The van der Waals surface area contributed by atoms with Crippen LogP contribution in [0.5, 0.6) is 11.5 Å². The average Bonchev–Trinajstić information content (AvgIpc) is 2.88. The van der Waals surface area contributed by atoms with E-state index in [2.05, 4.69) is 20.3 Å². The van der Waals surface area contributed by atoms with E-state index in [4.69, 9.17) is 26.2 Å². The van der Waals surface area contributed by atoms with Crippen molar-refractivity contribution in [1.82, 2.24) is 19.5 Å². The molecule has 0 aliphatic carbocycles. The number of nitrogens with zero attached hydrogens (tertiary/aromatic N) is 4. The van der Waals surface area contributed by atoms with Gasteiger partial charge < -0.3 is 14.6 Å². The first-order valence-electron chi connectivity index (χ1n) is 10.7. The minimum Gasteiger partial charge on any atom is -0.497 e. The number of thioether (sulfide) groups is 1. The lowest BCUT2D eigenvalue weighted by atomic mass is 10.0. The zero-order chi connectivity index (χ0) is 25.8. The van der Waals surface area contributed by atoms with E-state index >= 15 is 0 Å². The summed E-state index contributed by atoms with van der Waals surface area (Å²) < 4.78 is 12.3. The molecule has 3 aromatic heterocycles. The van der Waals surface area contributed by atoms with Gasteiger partial charge in [-0.15, -0.1) is 0 Å². The highest BCUT2D eigenvalue weighted by Gasteiger charge is 2.19. The van der Waals surface area contributed by atoms with Gasteiger partial charge in [-0.2, -0.15) is 0 Å². The molecule has 3 heterocycles. The van der Waals surface area contributed by atoms with Crippen LogP contribution in [-0.2, 0) is 13.0 Å². The minimum absolute atomic E-state index is 0.269. The number of nitrogens with one attached hydrogen (secondary N) is 1. The molecule has 36 heavy (non-hydrogen) atoms. The number of carbonyl (C=O) groups is 1. The molecule has 0 fully saturated rings. The Morgan fingerprint density at radius 2 is 1.94 bits per heavy atom. The van der Waals surface area contributed by atoms with E-state index < -0.39 is 6.09 Å². The van der Waals surface area contributed by atoms with Crippen LogP contribution in [0.1, 0.15) is 5.69 Å². The number of aryl methyl sites for hydroxylation is 2. The molecule has 1 aromatic carbocycles. The van der Waals surface area contributed by atoms with Crippen molar-refractivity contribution in [1.29, 1.82) is 0 Å². The van der Waals surface area contributed by atoms with Crippen molar-refractivity contribution in [3.05, 3.63) is 63.8 Å². The summed E-state index contributed by atoms with van der Waals surface area (Å²) in [6, 6.07) is 8.36. The molecule has 0 unspecified atom stereocenters. The number of rotatable bonds is 8. The van der Waals surface area contributed by atoms with Gasteiger partial charge in [-0.3, -0.25) is 19.7 Å². The van der Waals surface area contributed by atoms with E-state index in [1.165, 1.54) is 32.2 Å². The van der Waals surface area contributed by atoms with Crippen molar-refractivity contribution in [2.75, 3.05) is 25.8 Å². The maximum absolute atomic E-state index is 13.8. The number of halogens is 1. The summed E-state index contributed by atoms with van der Waals surface area (Å²) in [5.74, 6) is 0.871. The third-order valence-electron chi connectivity index (χ3n) is 5.41. The third kappa shape index (κ3) is 5.21. The predicted molar refractivity (Wildman–Crippen MR) is 139 cm³/mol. The van der Waals surface area contributed by atoms with Gasteiger partial charge in [0.15, 0.2) is 5.16 Å². The lowest BCUT2D eigenvalue weighted by molar-refractivity contribution is 0.209. The molecule has 2 N–H and O–H groups in total. The van der Waals surface area contributed by atoms with Crippen LogP contribution in [0.3, 0.4) is 0 Å². The SMILES string of the molecule is COc1cc(OC)c(Cl)c(-c2cc3cnc(SC)nc3n(CCc3ccc(NC(=O)O)cn3)c2=O)c1. The molecular formula is C24H22ClN5O5S. The molecule has 0 atom stereocenters. The van der Waals surface area contributed by atoms with Gasteiger partial charge in [0.1, 0.15) is 17.1 Å². The van der Waals surface area contributed by atoms with Crippen molar-refractivity contribution in [3.63, 3.8) is 0 Å². The van der Waals surface area contributed by atoms with Gasteiger partial charge >= 0.3 is 6.09 Å². The van der Waals surface area contributed by atoms with Crippen molar-refractivity contribution >= 4 is 46.2 Å². The predicted octanol–water partition coefficient (Wildman–Crippen LogP) is 4.58. The van der Waals surface area contributed by atoms with Crippen LogP contribution in [0.2, 0.25) is 5.02 Å². The number of fused-ring (bicyclic) bond motifs is 1. The van der Waals surface area contributed by atoms with E-state index in [9.17, 15) is 9.59 Å². The summed E-state index contributed by atoms with van der Waals surface area (Å²) >= 11 is 7.97. The molecule has 0 radical (unpaired) electrons. The number of ether oxygens (including phenoxy) is 2. The van der Waals surface area contributed by atoms with Gasteiger partial charge in [0.25, 0.3) is 5.56 Å². The van der Waals surface area contributed by atoms with Crippen molar-refractivity contribution in [3.8, 4) is 22.6 Å². The maximum Gasteiger partial charge on any atom is 0.409 e. The van der Waals surface area contributed by atoms with Gasteiger partial charge in [0.05, 0.1) is 31.1 Å². The lowest BCUT2D eigenvalue weighted by Crippen LogP contribution is -2.24. The fourth-order valence-corrected chi connectivity index (χ4v) is 4.30. The Morgan fingerprint density at radius 3 is 2.58 bits per heavy atom. The van der Waals surface area contributed by atoms with Crippen molar-refractivity contribution in [2.45, 2.75) is 18.1 Å². The molecule has 0 saturated carbocycles. The zero-order valence-electron chi connectivity index (χ0n) is 19.6. The highest BCUT2D eigenvalue weighted by Crippen LogP contribution is 2.38. The summed E-state index contributed by atoms with van der Waals surface area (Å²) in [6.07, 6.45) is 4.19. The van der Waals surface area contributed by atoms with E-state index in [1.54, 1.807) is 41.1 Å². The van der Waals surface area contributed by atoms with Crippen LogP contribution in [0, 0.1) is 0 Å². The molecule has 10 nitrogen and oxygen atoms in total. The lowest BCUT2D eigenvalue weighted by Gasteiger charge is -2.15. The summed E-state index contributed by atoms with van der Waals surface area (Å²) in [4.78, 5) is 37.8. The fourth-order valence-electron chi connectivity index (χ4n) is 3.67. The minimum atomic E-state index is -1.17. The van der Waals surface area contributed by atoms with Crippen LogP contribution in [0.15, 0.2) is 52.7 Å². The molecule has 12 heteroatoms. The van der Waals surface area contributed by atoms with E-state index in [-0.39, 0.29) is 17.1 Å². The summed E-state index contributed by atoms with van der Waals surface area (Å²) in [7, 11) is 3.01. The molecular weight excluding hydrogens is 506 g/mol. The Morgan fingerprint density at radius 1 is 1.14 bits per heavy atom. The Balaban J connectivity index is 1.82. The fraction of sp³-hybridized carbons (Fsp3) is 0.208. The number of methoxy groups -OCH3 is 2. The second-order valence-corrected chi connectivity index (χ2v) is 8.71. The first kappa shape index (κ1) is 25.3. The quantitative estimate of drug-likeness (QED) is 0.250. The number of hydrogen-bond donors (Lipinski definition) is 2. The standard InChI is InChI=1S/C24H22ClN5O5S/c1-34-16-9-17(20(25)19(10-16)35-2)18-8-13-11-27-23(36-3)29-21(13)30(22(18)31)7-6-14-4-5-15(12-26-14)28-24(32)33/h4-5,8-12,28H,6-7H2,1-3H3,(H,32,33). The Labute approximate surface area is 215 Å². The third-order valence-corrected chi connectivity index (χ3v) is 6.37. The number of benzene rings is 1. The van der Waals surface area contributed by atoms with Gasteiger partial charge in [-0.05, 0) is 30.5 Å². The summed E-state index contributed by atoms with van der Waals surface area (Å²) in [6.45, 7) is 0.269. The number of pyridine rings is 2. The molecule has 4 aromatic rings. The molecule has 186 valence electrons. The van der Waals surface area contributed by atoms with Gasteiger partial charge in [-0.25, -0.2) is 14.8 Å². The van der Waals surface area contributed by atoms with Gasteiger partial charge in [0.2, 0.25) is 0 Å². The number of amides is 1. The molecule has 0 saturated heterocycles. The number of hydrogen-bond acceptors (Lipinski definition) is 8. The number of anilines is 1. The summed E-state index contributed by atoms with van der Waals surface area (Å²) in [5, 5.41) is 12.6. The van der Waals surface area contributed by atoms with Crippen LogP contribution < -0.4 is 20.3 Å². The second kappa shape index (κ2) is 10.8. The topological polar surface area (TPSA) is 128 Å². The Bertz CT molecular complexity index is 1490. The van der Waals surface area contributed by atoms with E-state index in [0.717, 1.165) is 0 Å². The van der Waals surface area contributed by atoms with Gasteiger partial charge in [-0.1, -0.05) is 23.4 Å². The van der Waals surface area contributed by atoms with Crippen LogP contribution in [0.25, 0.3) is 22.2 Å². The van der Waals surface area contributed by atoms with E-state index in [0.29, 0.717) is 56.6 Å². The first-order valence-corrected chi connectivity index (χ1v) is 12.3. The van der Waals surface area contributed by atoms with Crippen LogP contribution in [0.4, 0.5) is 10.5 Å². The smallest absolute Gasteiger partial charge is 0.409 e. The monoisotopic (exact) mass is 527 g/mol. The molecule has 0 aliphatic heterocycles. The number of aromatic nitrogens is 4. The Kier molecular flexibility index (Phi) is 7.61. The molecule has 4 rings (SSSR count). The first-order chi connectivity index (χ1) is 17.3.